The molecule has 0 aliphatic rings. The third kappa shape index (κ3) is 6.03. The van der Waals surface area contributed by atoms with E-state index in [-0.39, 0.29) is 38.1 Å². The number of halogens is 6. The smallest absolute Gasteiger partial charge is 0.509 e. The molecule has 0 bridgehead atoms. The molecule has 3 heterocycles. The molecule has 0 saturated carbocycles. The molecule has 0 fully saturated rings. The standard InChI is InChI=1S/C35H20F6N4O2.Pt/c1-46-23-14-15-42-32(18-23)45-30-11-3-2-8-26(30)27-13-12-25(17-31(27)45)47-24-7-4-6-22(16-24)44-20-21(19-43-44)33-28(34(36,37)38)9-5-10-29(33)35(39,40)41;/h2-15,18-20H,1H3;/q-2;+2. The molecule has 7 rings (SSSR count). The fourth-order valence-corrected chi connectivity index (χ4v) is 5.49. The molecule has 244 valence electrons. The normalized spacial score (nSPS) is 11.9. The van der Waals surface area contributed by atoms with E-state index in [1.807, 2.05) is 34.9 Å². The molecule has 4 aromatic carbocycles. The van der Waals surface area contributed by atoms with Crippen molar-refractivity contribution in [2.45, 2.75) is 12.4 Å². The summed E-state index contributed by atoms with van der Waals surface area (Å²) in [5, 5.41) is 5.92. The zero-order valence-corrected chi connectivity index (χ0v) is 26.8. The Bertz CT molecular complexity index is 2240. The summed E-state index contributed by atoms with van der Waals surface area (Å²) in [5.41, 5.74) is -2.40. The Labute approximate surface area is 283 Å². The number of hydrogen-bond donors (Lipinski definition) is 0. The number of rotatable bonds is 6. The number of nitrogens with zero attached hydrogens (tertiary/aromatic N) is 4. The molecule has 0 aliphatic heterocycles. The Morgan fingerprint density at radius 3 is 2.19 bits per heavy atom. The van der Waals surface area contributed by atoms with Crippen LogP contribution in [0.2, 0.25) is 0 Å². The van der Waals surface area contributed by atoms with E-state index in [4.69, 9.17) is 9.47 Å². The van der Waals surface area contributed by atoms with Crippen LogP contribution in [0, 0.1) is 12.1 Å². The summed E-state index contributed by atoms with van der Waals surface area (Å²) in [4.78, 5) is 4.53. The summed E-state index contributed by atoms with van der Waals surface area (Å²) >= 11 is 0. The van der Waals surface area contributed by atoms with E-state index in [0.717, 1.165) is 39.4 Å². The van der Waals surface area contributed by atoms with E-state index in [1.165, 1.54) is 0 Å². The number of pyridine rings is 1. The number of alkyl halides is 6. The van der Waals surface area contributed by atoms with Gasteiger partial charge in [0, 0.05) is 46.6 Å². The molecule has 0 spiro atoms. The second-order valence-corrected chi connectivity index (χ2v) is 10.4. The zero-order chi connectivity index (χ0) is 32.9. The van der Waals surface area contributed by atoms with Crippen LogP contribution in [-0.2, 0) is 33.4 Å². The number of benzene rings is 4. The molecular formula is C35H20F6N4O2Pt. The van der Waals surface area contributed by atoms with E-state index >= 15 is 0 Å². The molecule has 0 aliphatic carbocycles. The minimum atomic E-state index is -5.02. The van der Waals surface area contributed by atoms with Crippen LogP contribution in [0.5, 0.6) is 17.2 Å². The summed E-state index contributed by atoms with van der Waals surface area (Å²) in [6.07, 6.45) is -6.36. The predicted molar refractivity (Wildman–Crippen MR) is 162 cm³/mol. The van der Waals surface area contributed by atoms with Gasteiger partial charge in [-0.3, -0.25) is 4.68 Å². The van der Waals surface area contributed by atoms with Gasteiger partial charge in [-0.15, -0.1) is 35.7 Å². The van der Waals surface area contributed by atoms with Gasteiger partial charge in [-0.1, -0.05) is 29.8 Å². The van der Waals surface area contributed by atoms with E-state index < -0.39 is 29.0 Å². The Morgan fingerprint density at radius 1 is 0.750 bits per heavy atom. The summed E-state index contributed by atoms with van der Waals surface area (Å²) in [5.74, 6) is 1.77. The van der Waals surface area contributed by atoms with Crippen molar-refractivity contribution in [1.82, 2.24) is 19.3 Å². The average Bonchev–Trinajstić information content (AvgIpc) is 3.67. The number of hydrogen-bond acceptors (Lipinski definition) is 4. The minimum Gasteiger partial charge on any atom is -0.509 e. The molecule has 7 aromatic rings. The maximum absolute atomic E-state index is 13.8. The van der Waals surface area contributed by atoms with E-state index in [1.54, 1.807) is 49.7 Å². The maximum atomic E-state index is 13.8. The van der Waals surface area contributed by atoms with Crippen molar-refractivity contribution in [2.75, 3.05) is 7.11 Å². The molecule has 0 atom stereocenters. The molecule has 0 N–H and O–H groups in total. The molecular weight excluding hydrogens is 817 g/mol. The van der Waals surface area contributed by atoms with Gasteiger partial charge in [0.1, 0.15) is 11.6 Å². The van der Waals surface area contributed by atoms with Crippen LogP contribution < -0.4 is 9.47 Å². The van der Waals surface area contributed by atoms with E-state index in [9.17, 15) is 26.3 Å². The second kappa shape index (κ2) is 12.5. The van der Waals surface area contributed by atoms with Crippen molar-refractivity contribution in [2.24, 2.45) is 0 Å². The first-order valence-corrected chi connectivity index (χ1v) is 14.0. The van der Waals surface area contributed by atoms with Crippen LogP contribution in [0.3, 0.4) is 0 Å². The Morgan fingerprint density at radius 2 is 1.46 bits per heavy atom. The fraction of sp³-hybridized carbons (Fsp3) is 0.0857. The number of para-hydroxylation sites is 1. The molecule has 6 nitrogen and oxygen atoms in total. The number of methoxy groups -OCH3 is 1. The first kappa shape index (κ1) is 32.8. The quantitative estimate of drug-likeness (QED) is 0.124. The topological polar surface area (TPSA) is 54.1 Å². The minimum absolute atomic E-state index is 0. The molecule has 0 amide bonds. The second-order valence-electron chi connectivity index (χ2n) is 10.4. The molecule has 0 unspecified atom stereocenters. The number of fused-ring (bicyclic) bond motifs is 3. The third-order valence-corrected chi connectivity index (χ3v) is 7.50. The zero-order valence-electron chi connectivity index (χ0n) is 24.5. The van der Waals surface area contributed by atoms with Gasteiger partial charge in [0.05, 0.1) is 24.4 Å². The van der Waals surface area contributed by atoms with Gasteiger partial charge in [0.25, 0.3) is 0 Å². The van der Waals surface area contributed by atoms with Gasteiger partial charge in [-0.2, -0.15) is 43.6 Å². The summed E-state index contributed by atoms with van der Waals surface area (Å²) in [6, 6.07) is 27.9. The van der Waals surface area contributed by atoms with Crippen LogP contribution in [-0.4, -0.2) is 26.4 Å². The molecule has 0 radical (unpaired) electrons. The van der Waals surface area contributed by atoms with Crippen molar-refractivity contribution in [3.8, 4) is 39.9 Å². The summed E-state index contributed by atoms with van der Waals surface area (Å²) in [7, 11) is 1.57. The van der Waals surface area contributed by atoms with E-state index in [0.29, 0.717) is 35.0 Å². The number of ether oxygens (including phenoxy) is 2. The molecule has 48 heavy (non-hydrogen) atoms. The first-order chi connectivity index (χ1) is 22.5. The SMILES string of the molecule is COc1ccnc(-n2c3[c-]c(Oc4[c-]c(-n5cc(-c6c(C(F)(F)F)cccc6C(F)(F)F)cn5)ccc4)ccc3c3ccccc32)c1.[Pt+2]. The van der Waals surface area contributed by atoms with Crippen molar-refractivity contribution < 1.29 is 56.9 Å². The largest absolute Gasteiger partial charge is 2.00 e. The molecule has 0 saturated heterocycles. The van der Waals surface area contributed by atoms with Crippen molar-refractivity contribution in [3.63, 3.8) is 0 Å². The van der Waals surface area contributed by atoms with Crippen LogP contribution in [0.15, 0.2) is 104 Å². The number of aromatic nitrogens is 4. The first-order valence-electron chi connectivity index (χ1n) is 14.0. The third-order valence-electron chi connectivity index (χ3n) is 7.50. The van der Waals surface area contributed by atoms with Crippen LogP contribution in [0.4, 0.5) is 26.3 Å². The van der Waals surface area contributed by atoms with Gasteiger partial charge in [0.2, 0.25) is 0 Å². The fourth-order valence-electron chi connectivity index (χ4n) is 5.49. The van der Waals surface area contributed by atoms with Crippen molar-refractivity contribution >= 4 is 21.8 Å². The van der Waals surface area contributed by atoms with Crippen LogP contribution in [0.25, 0.3) is 44.4 Å². The monoisotopic (exact) mass is 837 g/mol. The summed E-state index contributed by atoms with van der Waals surface area (Å²) < 4.78 is 97.2. The van der Waals surface area contributed by atoms with Gasteiger partial charge in [0.15, 0.2) is 0 Å². The van der Waals surface area contributed by atoms with Gasteiger partial charge < -0.3 is 14.0 Å². The van der Waals surface area contributed by atoms with Crippen LogP contribution in [0.1, 0.15) is 11.1 Å². The van der Waals surface area contributed by atoms with Gasteiger partial charge in [-0.25, -0.2) is 4.98 Å². The summed E-state index contributed by atoms with van der Waals surface area (Å²) in [6.45, 7) is 0. The molecule has 3 aromatic heterocycles. The Balaban J connectivity index is 0.00000401. The Kier molecular flexibility index (Phi) is 8.55. The van der Waals surface area contributed by atoms with Gasteiger partial charge >= 0.3 is 33.4 Å². The van der Waals surface area contributed by atoms with Crippen molar-refractivity contribution in [3.05, 3.63) is 127 Å². The van der Waals surface area contributed by atoms with Crippen LogP contribution >= 0.6 is 0 Å². The Hall–Kier alpha value is -5.09. The predicted octanol–water partition coefficient (Wildman–Crippen LogP) is 9.47. The maximum Gasteiger partial charge on any atom is 2.00 e. The van der Waals surface area contributed by atoms with Gasteiger partial charge in [-0.05, 0) is 35.3 Å². The molecule has 13 heteroatoms. The average molecular weight is 838 g/mol. The van der Waals surface area contributed by atoms with Crippen molar-refractivity contribution in [1.29, 1.82) is 0 Å². The van der Waals surface area contributed by atoms with E-state index in [2.05, 4.69) is 22.2 Å².